The van der Waals surface area contributed by atoms with Gasteiger partial charge in [-0.25, -0.2) is 4.79 Å². The number of nitrogens with one attached hydrogen (secondary N) is 1. The topological polar surface area (TPSA) is 73.0 Å². The highest BCUT2D eigenvalue weighted by Crippen LogP contribution is 2.25. The summed E-state index contributed by atoms with van der Waals surface area (Å²) < 4.78 is 0. The lowest BCUT2D eigenvalue weighted by molar-refractivity contribution is -0.130. The van der Waals surface area contributed by atoms with E-state index < -0.39 is 0 Å². The Balaban J connectivity index is 1.53. The van der Waals surface area contributed by atoms with E-state index in [4.69, 9.17) is 0 Å². The van der Waals surface area contributed by atoms with Gasteiger partial charge in [-0.2, -0.15) is 0 Å². The molecular formula is C19H26N4O3. The van der Waals surface area contributed by atoms with Crippen molar-refractivity contribution in [1.29, 1.82) is 0 Å². The van der Waals surface area contributed by atoms with Gasteiger partial charge in [0.05, 0.1) is 12.1 Å². The van der Waals surface area contributed by atoms with Crippen LogP contribution in [0.25, 0.3) is 0 Å². The third-order valence-corrected chi connectivity index (χ3v) is 5.25. The Hall–Kier alpha value is -2.57. The van der Waals surface area contributed by atoms with E-state index in [-0.39, 0.29) is 29.9 Å². The molecule has 0 aliphatic carbocycles. The van der Waals surface area contributed by atoms with Crippen LogP contribution in [0, 0.1) is 0 Å². The molecule has 0 spiro atoms. The average Bonchev–Trinajstić information content (AvgIpc) is 3.02. The number of urea groups is 1. The zero-order valence-electron chi connectivity index (χ0n) is 15.4. The Bertz CT molecular complexity index is 671. The predicted molar refractivity (Wildman–Crippen MR) is 97.3 cm³/mol. The van der Waals surface area contributed by atoms with Crippen LogP contribution < -0.4 is 5.32 Å². The van der Waals surface area contributed by atoms with Crippen LogP contribution in [0.15, 0.2) is 30.3 Å². The Labute approximate surface area is 153 Å². The summed E-state index contributed by atoms with van der Waals surface area (Å²) in [6.45, 7) is 6.24. The molecule has 2 heterocycles. The Morgan fingerprint density at radius 3 is 2.31 bits per heavy atom. The van der Waals surface area contributed by atoms with Crippen LogP contribution in [0.5, 0.6) is 0 Å². The number of carbonyl (C=O) groups excluding carboxylic acids is 3. The van der Waals surface area contributed by atoms with E-state index in [0.717, 1.165) is 5.56 Å². The second-order valence-electron chi connectivity index (χ2n) is 6.98. The number of benzene rings is 1. The number of amides is 4. The molecule has 3 rings (SSSR count). The van der Waals surface area contributed by atoms with Gasteiger partial charge in [0, 0.05) is 46.1 Å². The van der Waals surface area contributed by atoms with Crippen molar-refractivity contribution in [2.75, 3.05) is 32.7 Å². The second-order valence-corrected chi connectivity index (χ2v) is 6.98. The van der Waals surface area contributed by atoms with Gasteiger partial charge in [0.25, 0.3) is 0 Å². The minimum atomic E-state index is -0.174. The molecule has 2 aliphatic heterocycles. The number of carbonyl (C=O) groups is 3. The molecular weight excluding hydrogens is 332 g/mol. The van der Waals surface area contributed by atoms with Crippen molar-refractivity contribution >= 4 is 17.8 Å². The summed E-state index contributed by atoms with van der Waals surface area (Å²) in [5, 5.41) is 2.98. The fraction of sp³-hybridized carbons (Fsp3) is 0.526. The SMILES string of the molecule is CC(=O)N1CCN(C(=O)NC2CC(=O)N(C(C)c3ccccc3)C2)CC1. The van der Waals surface area contributed by atoms with E-state index in [1.54, 1.807) is 16.7 Å². The lowest BCUT2D eigenvalue weighted by Gasteiger charge is -2.34. The molecule has 2 unspecified atom stereocenters. The number of piperazine rings is 1. The summed E-state index contributed by atoms with van der Waals surface area (Å²) in [6, 6.07) is 9.57. The predicted octanol–water partition coefficient (Wildman–Crippen LogP) is 1.22. The molecule has 4 amide bonds. The van der Waals surface area contributed by atoms with Crippen LogP contribution in [-0.4, -0.2) is 71.3 Å². The molecule has 7 heteroatoms. The third-order valence-electron chi connectivity index (χ3n) is 5.25. The maximum Gasteiger partial charge on any atom is 0.317 e. The molecule has 2 atom stereocenters. The molecule has 2 saturated heterocycles. The molecule has 0 bridgehead atoms. The summed E-state index contributed by atoms with van der Waals surface area (Å²) in [5.41, 5.74) is 1.09. The zero-order chi connectivity index (χ0) is 18.7. The van der Waals surface area contributed by atoms with Gasteiger partial charge in [-0.05, 0) is 12.5 Å². The molecule has 2 aliphatic rings. The summed E-state index contributed by atoms with van der Waals surface area (Å²) >= 11 is 0. The molecule has 1 aromatic rings. The molecule has 1 N–H and O–H groups in total. The van der Waals surface area contributed by atoms with Crippen LogP contribution in [-0.2, 0) is 9.59 Å². The average molecular weight is 358 g/mol. The number of hydrogen-bond acceptors (Lipinski definition) is 3. The van der Waals surface area contributed by atoms with E-state index in [1.807, 2.05) is 42.2 Å². The standard InChI is InChI=1S/C19H26N4O3/c1-14(16-6-4-3-5-7-16)23-13-17(12-18(23)25)20-19(26)22-10-8-21(9-11-22)15(2)24/h3-7,14,17H,8-13H2,1-2H3,(H,20,26). The summed E-state index contributed by atoms with van der Waals surface area (Å²) in [7, 11) is 0. The monoisotopic (exact) mass is 358 g/mol. The van der Waals surface area contributed by atoms with Gasteiger partial charge in [-0.15, -0.1) is 0 Å². The lowest BCUT2D eigenvalue weighted by atomic mass is 10.1. The largest absolute Gasteiger partial charge is 0.339 e. The summed E-state index contributed by atoms with van der Waals surface area (Å²) in [4.78, 5) is 41.5. The molecule has 26 heavy (non-hydrogen) atoms. The van der Waals surface area contributed by atoms with Crippen LogP contribution in [0.1, 0.15) is 31.9 Å². The fourth-order valence-corrected chi connectivity index (χ4v) is 3.60. The van der Waals surface area contributed by atoms with E-state index in [9.17, 15) is 14.4 Å². The van der Waals surface area contributed by atoms with Gasteiger partial charge in [-0.3, -0.25) is 9.59 Å². The van der Waals surface area contributed by atoms with Crippen LogP contribution >= 0.6 is 0 Å². The van der Waals surface area contributed by atoms with E-state index in [2.05, 4.69) is 5.32 Å². The van der Waals surface area contributed by atoms with Crippen LogP contribution in [0.3, 0.4) is 0 Å². The highest BCUT2D eigenvalue weighted by molar-refractivity contribution is 5.82. The zero-order valence-corrected chi connectivity index (χ0v) is 15.4. The molecule has 0 aromatic heterocycles. The number of nitrogens with zero attached hydrogens (tertiary/aromatic N) is 3. The maximum atomic E-state index is 12.5. The van der Waals surface area contributed by atoms with Crippen molar-refractivity contribution < 1.29 is 14.4 Å². The Morgan fingerprint density at radius 1 is 1.08 bits per heavy atom. The normalized spacial score (nSPS) is 21.7. The fourth-order valence-electron chi connectivity index (χ4n) is 3.60. The minimum Gasteiger partial charge on any atom is -0.339 e. The summed E-state index contributed by atoms with van der Waals surface area (Å²) in [5.74, 6) is 0.102. The maximum absolute atomic E-state index is 12.5. The van der Waals surface area contributed by atoms with Crippen molar-refractivity contribution in [1.82, 2.24) is 20.0 Å². The molecule has 0 saturated carbocycles. The molecule has 140 valence electrons. The third kappa shape index (κ3) is 3.98. The first-order chi connectivity index (χ1) is 12.5. The van der Waals surface area contributed by atoms with Gasteiger partial charge in [0.15, 0.2) is 0 Å². The number of rotatable bonds is 3. The quantitative estimate of drug-likeness (QED) is 0.883. The van der Waals surface area contributed by atoms with Gasteiger partial charge in [0.1, 0.15) is 0 Å². The smallest absolute Gasteiger partial charge is 0.317 e. The van der Waals surface area contributed by atoms with E-state index in [0.29, 0.717) is 39.1 Å². The van der Waals surface area contributed by atoms with Crippen LogP contribution in [0.2, 0.25) is 0 Å². The second kappa shape index (κ2) is 7.76. The first-order valence-electron chi connectivity index (χ1n) is 9.11. The van der Waals surface area contributed by atoms with E-state index in [1.165, 1.54) is 0 Å². The van der Waals surface area contributed by atoms with Crippen molar-refractivity contribution in [2.24, 2.45) is 0 Å². The van der Waals surface area contributed by atoms with Crippen molar-refractivity contribution in [2.45, 2.75) is 32.4 Å². The Kier molecular flexibility index (Phi) is 5.44. The molecule has 0 radical (unpaired) electrons. The van der Waals surface area contributed by atoms with Gasteiger partial charge < -0.3 is 20.0 Å². The van der Waals surface area contributed by atoms with E-state index >= 15 is 0 Å². The van der Waals surface area contributed by atoms with Crippen molar-refractivity contribution in [3.05, 3.63) is 35.9 Å². The molecule has 7 nitrogen and oxygen atoms in total. The highest BCUT2D eigenvalue weighted by Gasteiger charge is 2.35. The highest BCUT2D eigenvalue weighted by atomic mass is 16.2. The number of likely N-dealkylation sites (tertiary alicyclic amines) is 1. The summed E-state index contributed by atoms with van der Waals surface area (Å²) in [6.07, 6.45) is 0.330. The first kappa shape index (κ1) is 18.2. The number of hydrogen-bond donors (Lipinski definition) is 1. The van der Waals surface area contributed by atoms with Gasteiger partial charge in [-0.1, -0.05) is 30.3 Å². The molecule has 1 aromatic carbocycles. The lowest BCUT2D eigenvalue weighted by Crippen LogP contribution is -2.54. The van der Waals surface area contributed by atoms with Gasteiger partial charge in [0.2, 0.25) is 11.8 Å². The minimum absolute atomic E-state index is 0.00952. The van der Waals surface area contributed by atoms with Crippen LogP contribution in [0.4, 0.5) is 4.79 Å². The Morgan fingerprint density at radius 2 is 1.69 bits per heavy atom. The van der Waals surface area contributed by atoms with Crippen molar-refractivity contribution in [3.8, 4) is 0 Å². The first-order valence-corrected chi connectivity index (χ1v) is 9.11. The van der Waals surface area contributed by atoms with Gasteiger partial charge >= 0.3 is 6.03 Å². The molecule has 2 fully saturated rings. The van der Waals surface area contributed by atoms with Crippen molar-refractivity contribution in [3.63, 3.8) is 0 Å².